The zero-order valence-corrected chi connectivity index (χ0v) is 17.0. The Hall–Kier alpha value is -2.87. The average Bonchev–Trinajstić information content (AvgIpc) is 3.12. The fourth-order valence-corrected chi connectivity index (χ4v) is 3.50. The molecule has 3 rings (SSSR count). The minimum Gasteiger partial charge on any atom is -0.490 e. The zero-order chi connectivity index (χ0) is 20.6. The Morgan fingerprint density at radius 3 is 2.66 bits per heavy atom. The summed E-state index contributed by atoms with van der Waals surface area (Å²) >= 11 is 1.56. The van der Waals surface area contributed by atoms with Crippen LogP contribution in [0, 0.1) is 0 Å². The normalized spacial score (nSPS) is 12.7. The first kappa shape index (κ1) is 20.9. The minimum atomic E-state index is -0.578. The predicted octanol–water partition coefficient (Wildman–Crippen LogP) is 3.07. The van der Waals surface area contributed by atoms with Crippen LogP contribution in [0.5, 0.6) is 11.5 Å². The summed E-state index contributed by atoms with van der Waals surface area (Å²) in [5, 5.41) is 1.94. The van der Waals surface area contributed by atoms with Gasteiger partial charge in [0.1, 0.15) is 0 Å². The van der Waals surface area contributed by atoms with Crippen molar-refractivity contribution in [2.75, 3.05) is 26.9 Å². The third kappa shape index (κ3) is 6.05. The molecule has 0 N–H and O–H groups in total. The quantitative estimate of drug-likeness (QED) is 0.485. The summed E-state index contributed by atoms with van der Waals surface area (Å²) < 4.78 is 16.1. The van der Waals surface area contributed by atoms with Gasteiger partial charge in [-0.15, -0.1) is 11.3 Å². The first-order chi connectivity index (χ1) is 14.0. The molecule has 0 radical (unpaired) electrons. The van der Waals surface area contributed by atoms with Crippen LogP contribution in [-0.2, 0) is 20.9 Å². The summed E-state index contributed by atoms with van der Waals surface area (Å²) in [7, 11) is 1.66. The summed E-state index contributed by atoms with van der Waals surface area (Å²) in [6.45, 7) is 1.24. The van der Waals surface area contributed by atoms with Crippen LogP contribution in [0.2, 0.25) is 0 Å². The largest absolute Gasteiger partial charge is 0.490 e. The van der Waals surface area contributed by atoms with E-state index in [1.54, 1.807) is 36.6 Å². The van der Waals surface area contributed by atoms with Crippen LogP contribution in [0.25, 0.3) is 0 Å². The van der Waals surface area contributed by atoms with Crippen LogP contribution >= 0.6 is 11.3 Å². The molecule has 0 saturated carbocycles. The smallest absolute Gasteiger partial charge is 0.306 e. The highest BCUT2D eigenvalue weighted by molar-refractivity contribution is 7.09. The van der Waals surface area contributed by atoms with E-state index in [2.05, 4.69) is 0 Å². The molecule has 0 unspecified atom stereocenters. The number of fused-ring (bicyclic) bond motifs is 1. The van der Waals surface area contributed by atoms with E-state index in [4.69, 9.17) is 14.2 Å². The molecule has 1 aromatic carbocycles. The zero-order valence-electron chi connectivity index (χ0n) is 16.2. The second-order valence-corrected chi connectivity index (χ2v) is 7.66. The Morgan fingerprint density at radius 1 is 1.10 bits per heavy atom. The highest BCUT2D eigenvalue weighted by Crippen LogP contribution is 2.30. The standard InChI is InChI=1S/C21H23NO6S/c1-22(13-16-4-2-11-29-16)20(24)14-28-21(25)8-6-17(23)15-5-7-18-19(12-15)27-10-3-9-26-18/h2,4-5,7,11-12H,3,6,8-10,13-14H2,1H3. The summed E-state index contributed by atoms with van der Waals surface area (Å²) in [4.78, 5) is 38.9. The molecular weight excluding hydrogens is 394 g/mol. The molecule has 0 bridgehead atoms. The van der Waals surface area contributed by atoms with E-state index in [-0.39, 0.29) is 31.1 Å². The highest BCUT2D eigenvalue weighted by atomic mass is 32.1. The van der Waals surface area contributed by atoms with Gasteiger partial charge in [-0.1, -0.05) is 6.07 Å². The maximum atomic E-state index is 12.4. The number of hydrogen-bond donors (Lipinski definition) is 0. The molecule has 1 aliphatic heterocycles. The van der Waals surface area contributed by atoms with E-state index in [9.17, 15) is 14.4 Å². The second-order valence-electron chi connectivity index (χ2n) is 6.63. The number of esters is 1. The molecule has 7 nitrogen and oxygen atoms in total. The van der Waals surface area contributed by atoms with Crippen molar-refractivity contribution in [1.82, 2.24) is 4.90 Å². The van der Waals surface area contributed by atoms with Gasteiger partial charge in [0.05, 0.1) is 26.2 Å². The van der Waals surface area contributed by atoms with E-state index < -0.39 is 5.97 Å². The van der Waals surface area contributed by atoms with E-state index >= 15 is 0 Å². The van der Waals surface area contributed by atoms with E-state index in [0.29, 0.717) is 36.8 Å². The molecule has 0 saturated heterocycles. The van der Waals surface area contributed by atoms with Gasteiger partial charge in [-0.05, 0) is 29.6 Å². The van der Waals surface area contributed by atoms with Crippen molar-refractivity contribution in [3.8, 4) is 11.5 Å². The monoisotopic (exact) mass is 417 g/mol. The number of carbonyl (C=O) groups excluding carboxylic acids is 3. The van der Waals surface area contributed by atoms with Crippen molar-refractivity contribution in [2.24, 2.45) is 0 Å². The van der Waals surface area contributed by atoms with Gasteiger partial charge in [0, 0.05) is 30.3 Å². The fraction of sp³-hybridized carbons (Fsp3) is 0.381. The molecule has 1 aliphatic rings. The Balaban J connectivity index is 1.42. The van der Waals surface area contributed by atoms with Crippen molar-refractivity contribution in [2.45, 2.75) is 25.8 Å². The maximum Gasteiger partial charge on any atom is 0.306 e. The predicted molar refractivity (Wildman–Crippen MR) is 107 cm³/mol. The molecule has 1 amide bonds. The lowest BCUT2D eigenvalue weighted by Crippen LogP contribution is -2.30. The van der Waals surface area contributed by atoms with Gasteiger partial charge >= 0.3 is 5.97 Å². The number of benzene rings is 1. The Morgan fingerprint density at radius 2 is 1.90 bits per heavy atom. The molecule has 0 atom stereocenters. The summed E-state index contributed by atoms with van der Waals surface area (Å²) in [5.74, 6) is 0.0872. The van der Waals surface area contributed by atoms with Gasteiger partial charge in [-0.25, -0.2) is 0 Å². The number of likely N-dealkylation sites (N-methyl/N-ethyl adjacent to an activating group) is 1. The lowest BCUT2D eigenvalue weighted by atomic mass is 10.1. The molecule has 29 heavy (non-hydrogen) atoms. The molecule has 0 aliphatic carbocycles. The van der Waals surface area contributed by atoms with Crippen LogP contribution in [0.1, 0.15) is 34.5 Å². The number of ketones is 1. The molecule has 154 valence electrons. The SMILES string of the molecule is CN(Cc1cccs1)C(=O)COC(=O)CCC(=O)c1ccc2c(c1)OCCCO2. The van der Waals surface area contributed by atoms with Gasteiger partial charge in [0.2, 0.25) is 0 Å². The number of amides is 1. The van der Waals surface area contributed by atoms with Crippen LogP contribution < -0.4 is 9.47 Å². The topological polar surface area (TPSA) is 82.1 Å². The molecular formula is C21H23NO6S. The Bertz CT molecular complexity index is 864. The van der Waals surface area contributed by atoms with E-state index in [0.717, 1.165) is 11.3 Å². The summed E-state index contributed by atoms with van der Waals surface area (Å²) in [5.41, 5.74) is 0.453. The Labute approximate surface area is 173 Å². The second kappa shape index (κ2) is 10.1. The molecule has 8 heteroatoms. The maximum absolute atomic E-state index is 12.4. The van der Waals surface area contributed by atoms with Gasteiger partial charge in [-0.2, -0.15) is 0 Å². The third-order valence-electron chi connectivity index (χ3n) is 4.38. The van der Waals surface area contributed by atoms with Crippen LogP contribution in [0.15, 0.2) is 35.7 Å². The fourth-order valence-electron chi connectivity index (χ4n) is 2.75. The average molecular weight is 417 g/mol. The van der Waals surface area contributed by atoms with Gasteiger partial charge in [0.15, 0.2) is 23.9 Å². The minimum absolute atomic E-state index is 0.00228. The number of carbonyl (C=O) groups is 3. The van der Waals surface area contributed by atoms with Crippen LogP contribution in [0.4, 0.5) is 0 Å². The number of nitrogens with zero attached hydrogens (tertiary/aromatic N) is 1. The lowest BCUT2D eigenvalue weighted by Gasteiger charge is -2.16. The number of rotatable bonds is 8. The van der Waals surface area contributed by atoms with Crippen molar-refractivity contribution in [1.29, 1.82) is 0 Å². The Kier molecular flexibility index (Phi) is 7.24. The first-order valence-corrected chi connectivity index (χ1v) is 10.3. The number of ether oxygens (including phenoxy) is 3. The van der Waals surface area contributed by atoms with Crippen molar-refractivity contribution < 1.29 is 28.6 Å². The van der Waals surface area contributed by atoms with Gasteiger partial charge in [-0.3, -0.25) is 14.4 Å². The van der Waals surface area contributed by atoms with Crippen molar-refractivity contribution in [3.05, 3.63) is 46.2 Å². The summed E-state index contributed by atoms with van der Waals surface area (Å²) in [6.07, 6.45) is 0.692. The lowest BCUT2D eigenvalue weighted by molar-refractivity contribution is -0.151. The van der Waals surface area contributed by atoms with E-state index in [1.165, 1.54) is 4.90 Å². The number of thiophene rings is 1. The number of Topliss-reactive ketones (excluding diaryl/α,β-unsaturated/α-hetero) is 1. The summed E-state index contributed by atoms with van der Waals surface area (Å²) in [6, 6.07) is 8.85. The van der Waals surface area contributed by atoms with Crippen LogP contribution in [0.3, 0.4) is 0 Å². The molecule has 2 aromatic rings. The molecule has 2 heterocycles. The first-order valence-electron chi connectivity index (χ1n) is 9.38. The van der Waals surface area contributed by atoms with Crippen molar-refractivity contribution >= 4 is 29.0 Å². The molecule has 0 spiro atoms. The van der Waals surface area contributed by atoms with E-state index in [1.807, 2.05) is 17.5 Å². The molecule has 0 fully saturated rings. The van der Waals surface area contributed by atoms with Crippen molar-refractivity contribution in [3.63, 3.8) is 0 Å². The highest BCUT2D eigenvalue weighted by Gasteiger charge is 2.17. The molecule has 1 aromatic heterocycles. The van der Waals surface area contributed by atoms with Crippen LogP contribution in [-0.4, -0.2) is 49.4 Å². The van der Waals surface area contributed by atoms with Gasteiger partial charge in [0.25, 0.3) is 5.91 Å². The van der Waals surface area contributed by atoms with Gasteiger partial charge < -0.3 is 19.1 Å². The third-order valence-corrected chi connectivity index (χ3v) is 5.24. The number of hydrogen-bond acceptors (Lipinski definition) is 7.